The number of carbonyl (C=O) groups is 1. The summed E-state index contributed by atoms with van der Waals surface area (Å²) in [7, 11) is 2.04. The molecule has 16 heavy (non-hydrogen) atoms. The summed E-state index contributed by atoms with van der Waals surface area (Å²) in [4.78, 5) is 13.2. The van der Waals surface area contributed by atoms with Crippen molar-refractivity contribution in [2.24, 2.45) is 0 Å². The molecule has 1 aromatic rings. The standard InChI is InChI=1S/C10H13BrN2O3/c1-13-4-2-3-6(5-13)7-8(10(14)15)16-12-9(7)11/h6H,2-5H2,1H3,(H,14,15). The molecule has 88 valence electrons. The summed E-state index contributed by atoms with van der Waals surface area (Å²) in [5.74, 6) is -0.904. The second-order valence-corrected chi connectivity index (χ2v) is 4.87. The lowest BCUT2D eigenvalue weighted by atomic mass is 9.91. The molecule has 0 amide bonds. The molecule has 1 aliphatic rings. The van der Waals surface area contributed by atoms with Crippen LogP contribution >= 0.6 is 15.9 Å². The predicted octanol–water partition coefficient (Wildman–Crippen LogP) is 1.94. The molecule has 1 unspecified atom stereocenters. The van der Waals surface area contributed by atoms with Crippen molar-refractivity contribution in [2.75, 3.05) is 20.1 Å². The predicted molar refractivity (Wildman–Crippen MR) is 60.6 cm³/mol. The summed E-state index contributed by atoms with van der Waals surface area (Å²) in [6.45, 7) is 1.90. The molecular formula is C10H13BrN2O3. The summed E-state index contributed by atoms with van der Waals surface area (Å²) in [6, 6.07) is 0. The van der Waals surface area contributed by atoms with Gasteiger partial charge in [0.15, 0.2) is 4.60 Å². The molecule has 1 atom stereocenters. The Morgan fingerprint density at radius 2 is 2.44 bits per heavy atom. The van der Waals surface area contributed by atoms with Crippen LogP contribution in [0.2, 0.25) is 0 Å². The highest BCUT2D eigenvalue weighted by Crippen LogP contribution is 2.33. The van der Waals surface area contributed by atoms with Gasteiger partial charge in [0.2, 0.25) is 5.76 Å². The zero-order valence-electron chi connectivity index (χ0n) is 8.94. The number of nitrogens with zero attached hydrogens (tertiary/aromatic N) is 2. The molecule has 6 heteroatoms. The fraction of sp³-hybridized carbons (Fsp3) is 0.600. The molecule has 0 radical (unpaired) electrons. The number of likely N-dealkylation sites (tertiary alicyclic amines) is 1. The van der Waals surface area contributed by atoms with Crippen molar-refractivity contribution in [1.82, 2.24) is 10.1 Å². The zero-order chi connectivity index (χ0) is 11.7. The van der Waals surface area contributed by atoms with E-state index in [1.807, 2.05) is 7.05 Å². The highest BCUT2D eigenvalue weighted by molar-refractivity contribution is 9.10. The molecular weight excluding hydrogens is 276 g/mol. The SMILES string of the molecule is CN1CCCC(c2c(Br)noc2C(=O)O)C1. The van der Waals surface area contributed by atoms with Crippen LogP contribution in [0.4, 0.5) is 0 Å². The van der Waals surface area contributed by atoms with Crippen molar-refractivity contribution in [3.05, 3.63) is 15.9 Å². The minimum Gasteiger partial charge on any atom is -0.475 e. The van der Waals surface area contributed by atoms with E-state index in [1.54, 1.807) is 0 Å². The van der Waals surface area contributed by atoms with Gasteiger partial charge < -0.3 is 14.5 Å². The first-order valence-corrected chi connectivity index (χ1v) is 5.95. The maximum Gasteiger partial charge on any atom is 0.375 e. The van der Waals surface area contributed by atoms with Crippen molar-refractivity contribution in [2.45, 2.75) is 18.8 Å². The Hall–Kier alpha value is -0.880. The van der Waals surface area contributed by atoms with E-state index in [2.05, 4.69) is 26.0 Å². The molecule has 0 spiro atoms. The molecule has 0 aliphatic carbocycles. The summed E-state index contributed by atoms with van der Waals surface area (Å²) < 4.78 is 5.35. The third kappa shape index (κ3) is 2.12. The summed E-state index contributed by atoms with van der Waals surface area (Å²) in [5.41, 5.74) is 0.694. The molecule has 1 saturated heterocycles. The normalized spacial score (nSPS) is 22.2. The molecule has 1 N–H and O–H groups in total. The lowest BCUT2D eigenvalue weighted by molar-refractivity contribution is 0.0648. The number of piperidine rings is 1. The van der Waals surface area contributed by atoms with E-state index in [0.29, 0.717) is 10.2 Å². The van der Waals surface area contributed by atoms with Gasteiger partial charge in [-0.05, 0) is 42.4 Å². The number of halogens is 1. The van der Waals surface area contributed by atoms with Gasteiger partial charge in [-0.2, -0.15) is 0 Å². The first-order chi connectivity index (χ1) is 7.59. The molecule has 2 heterocycles. The number of aromatic nitrogens is 1. The van der Waals surface area contributed by atoms with Crippen LogP contribution in [0.25, 0.3) is 0 Å². The number of rotatable bonds is 2. The van der Waals surface area contributed by atoms with Gasteiger partial charge in [0.25, 0.3) is 0 Å². The monoisotopic (exact) mass is 288 g/mol. The quantitative estimate of drug-likeness (QED) is 0.901. The zero-order valence-corrected chi connectivity index (χ0v) is 10.5. The van der Waals surface area contributed by atoms with Crippen LogP contribution in [-0.2, 0) is 0 Å². The van der Waals surface area contributed by atoms with Crippen LogP contribution in [0.5, 0.6) is 0 Å². The molecule has 1 aromatic heterocycles. The lowest BCUT2D eigenvalue weighted by Crippen LogP contribution is -2.31. The largest absolute Gasteiger partial charge is 0.475 e. The molecule has 5 nitrogen and oxygen atoms in total. The molecule has 0 bridgehead atoms. The van der Waals surface area contributed by atoms with E-state index in [1.165, 1.54) is 0 Å². The minimum atomic E-state index is -1.05. The van der Waals surface area contributed by atoms with Crippen LogP contribution in [0.3, 0.4) is 0 Å². The highest BCUT2D eigenvalue weighted by Gasteiger charge is 2.29. The summed E-state index contributed by atoms with van der Waals surface area (Å²) >= 11 is 3.25. The Kier molecular flexibility index (Phi) is 3.30. The van der Waals surface area contributed by atoms with Crippen LogP contribution in [-0.4, -0.2) is 41.3 Å². The number of aromatic carboxylic acids is 1. The van der Waals surface area contributed by atoms with Gasteiger partial charge in [0.1, 0.15) is 0 Å². The van der Waals surface area contributed by atoms with Crippen molar-refractivity contribution in [1.29, 1.82) is 0 Å². The average Bonchev–Trinajstić information content (AvgIpc) is 2.60. The first kappa shape index (κ1) is 11.6. The smallest absolute Gasteiger partial charge is 0.375 e. The second kappa shape index (κ2) is 4.55. The van der Waals surface area contributed by atoms with E-state index >= 15 is 0 Å². The van der Waals surface area contributed by atoms with Gasteiger partial charge in [-0.1, -0.05) is 5.16 Å². The van der Waals surface area contributed by atoms with Gasteiger partial charge in [-0.25, -0.2) is 4.79 Å². The lowest BCUT2D eigenvalue weighted by Gasteiger charge is -2.29. The van der Waals surface area contributed by atoms with Gasteiger partial charge in [0.05, 0.1) is 0 Å². The van der Waals surface area contributed by atoms with Crippen molar-refractivity contribution in [3.8, 4) is 0 Å². The summed E-state index contributed by atoms with van der Waals surface area (Å²) in [6.07, 6.45) is 2.04. The fourth-order valence-electron chi connectivity index (χ4n) is 2.19. The number of hydrogen-bond donors (Lipinski definition) is 1. The van der Waals surface area contributed by atoms with E-state index in [0.717, 1.165) is 25.9 Å². The Bertz CT molecular complexity index is 405. The van der Waals surface area contributed by atoms with Gasteiger partial charge in [-0.3, -0.25) is 0 Å². The van der Waals surface area contributed by atoms with E-state index in [4.69, 9.17) is 9.63 Å². The van der Waals surface area contributed by atoms with Crippen molar-refractivity contribution in [3.63, 3.8) is 0 Å². The Morgan fingerprint density at radius 1 is 1.69 bits per heavy atom. The van der Waals surface area contributed by atoms with Crippen molar-refractivity contribution >= 4 is 21.9 Å². The van der Waals surface area contributed by atoms with Crippen LogP contribution in [0, 0.1) is 0 Å². The number of carboxylic acids is 1. The highest BCUT2D eigenvalue weighted by atomic mass is 79.9. The van der Waals surface area contributed by atoms with Gasteiger partial charge in [-0.15, -0.1) is 0 Å². The first-order valence-electron chi connectivity index (χ1n) is 5.16. The number of likely N-dealkylation sites (N-methyl/N-ethyl adjacent to an activating group) is 1. The maximum atomic E-state index is 11.0. The Balaban J connectivity index is 2.31. The summed E-state index contributed by atoms with van der Waals surface area (Å²) in [5, 5.41) is 12.7. The third-order valence-corrected chi connectivity index (χ3v) is 3.48. The Labute approximate surface area is 102 Å². The molecule has 2 rings (SSSR count). The fourth-order valence-corrected chi connectivity index (χ4v) is 2.76. The maximum absolute atomic E-state index is 11.0. The van der Waals surface area contributed by atoms with Crippen LogP contribution in [0.15, 0.2) is 9.13 Å². The van der Waals surface area contributed by atoms with Gasteiger partial charge >= 0.3 is 5.97 Å². The van der Waals surface area contributed by atoms with Crippen LogP contribution < -0.4 is 0 Å². The second-order valence-electron chi connectivity index (χ2n) is 4.12. The minimum absolute atomic E-state index is 0.0350. The molecule has 0 aromatic carbocycles. The number of carboxylic acid groups (broad SMARTS) is 1. The molecule has 0 saturated carbocycles. The molecule has 1 fully saturated rings. The van der Waals surface area contributed by atoms with Crippen LogP contribution in [0.1, 0.15) is 34.9 Å². The topological polar surface area (TPSA) is 66.6 Å². The number of hydrogen-bond acceptors (Lipinski definition) is 4. The van der Waals surface area contributed by atoms with E-state index < -0.39 is 5.97 Å². The van der Waals surface area contributed by atoms with E-state index in [9.17, 15) is 4.79 Å². The van der Waals surface area contributed by atoms with Crippen molar-refractivity contribution < 1.29 is 14.4 Å². The van der Waals surface area contributed by atoms with E-state index in [-0.39, 0.29) is 11.7 Å². The Morgan fingerprint density at radius 3 is 3.06 bits per heavy atom. The van der Waals surface area contributed by atoms with Gasteiger partial charge in [0, 0.05) is 18.0 Å². The third-order valence-electron chi connectivity index (χ3n) is 2.91. The average molecular weight is 289 g/mol. The molecule has 1 aliphatic heterocycles.